The highest BCUT2D eigenvalue weighted by atomic mass is 79.9. The molecule has 1 aromatic rings. The molecule has 0 aliphatic heterocycles. The van der Waals surface area contributed by atoms with Gasteiger partial charge in [0.25, 0.3) is 0 Å². The van der Waals surface area contributed by atoms with Crippen LogP contribution in [0.25, 0.3) is 0 Å². The zero-order valence-corrected chi connectivity index (χ0v) is 10.1. The normalized spacial score (nSPS) is 11.9. The highest BCUT2D eigenvalue weighted by Gasteiger charge is 2.16. The Bertz CT molecular complexity index is 432. The summed E-state index contributed by atoms with van der Waals surface area (Å²) >= 11 is 3.17. The Morgan fingerprint density at radius 3 is 2.62 bits per heavy atom. The maximum Gasteiger partial charge on any atom is 0.337 e. The average molecular weight is 287 g/mol. The molecule has 6 heteroatoms. The fraction of sp³-hybridized carbons (Fsp3) is 0.200. The van der Waals surface area contributed by atoms with E-state index in [1.807, 2.05) is 0 Å². The van der Waals surface area contributed by atoms with Gasteiger partial charge in [0.1, 0.15) is 0 Å². The first-order valence-electron chi connectivity index (χ1n) is 4.51. The molecular formula is C10H11BrN2O3. The van der Waals surface area contributed by atoms with Crippen molar-refractivity contribution in [3.63, 3.8) is 0 Å². The van der Waals surface area contributed by atoms with E-state index in [1.165, 1.54) is 13.0 Å². The van der Waals surface area contributed by atoms with Gasteiger partial charge in [0.05, 0.1) is 17.3 Å². The molecule has 4 N–H and O–H groups in total. The van der Waals surface area contributed by atoms with E-state index in [1.54, 1.807) is 12.1 Å². The number of halogens is 1. The van der Waals surface area contributed by atoms with Gasteiger partial charge in [0, 0.05) is 4.47 Å². The first kappa shape index (κ1) is 12.7. The van der Waals surface area contributed by atoms with Gasteiger partial charge in [-0.2, -0.15) is 0 Å². The third kappa shape index (κ3) is 2.80. The van der Waals surface area contributed by atoms with Crippen LogP contribution in [0.4, 0.5) is 5.69 Å². The molecule has 0 radical (unpaired) electrons. The Balaban J connectivity index is 3.11. The number of nitrogens with two attached hydrogens (primary N) is 1. The largest absolute Gasteiger partial charge is 0.478 e. The number of carbonyl (C=O) groups excluding carboxylic acids is 1. The lowest BCUT2D eigenvalue weighted by Crippen LogP contribution is -2.33. The van der Waals surface area contributed by atoms with Crippen LogP contribution in [0.15, 0.2) is 22.7 Å². The van der Waals surface area contributed by atoms with Crippen LogP contribution in [0.3, 0.4) is 0 Å². The second kappa shape index (κ2) is 5.09. The van der Waals surface area contributed by atoms with Gasteiger partial charge in [0.2, 0.25) is 5.91 Å². The number of carboxylic acids is 1. The third-order valence-corrected chi connectivity index (χ3v) is 2.57. The number of carbonyl (C=O) groups is 2. The molecule has 5 nitrogen and oxygen atoms in total. The SMILES string of the molecule is C[C@H](N)C(=O)Nc1c(Br)cccc1C(=O)O. The molecule has 0 saturated heterocycles. The number of para-hydroxylation sites is 1. The van der Waals surface area contributed by atoms with E-state index in [2.05, 4.69) is 21.2 Å². The monoisotopic (exact) mass is 286 g/mol. The molecule has 0 aromatic heterocycles. The summed E-state index contributed by atoms with van der Waals surface area (Å²) < 4.78 is 0.501. The summed E-state index contributed by atoms with van der Waals surface area (Å²) in [5, 5.41) is 11.4. The van der Waals surface area contributed by atoms with Crippen molar-refractivity contribution in [2.75, 3.05) is 5.32 Å². The maximum absolute atomic E-state index is 11.4. The van der Waals surface area contributed by atoms with Gasteiger partial charge >= 0.3 is 5.97 Å². The first-order chi connectivity index (χ1) is 7.43. The van der Waals surface area contributed by atoms with Gasteiger partial charge < -0.3 is 16.2 Å². The van der Waals surface area contributed by atoms with Crippen LogP contribution < -0.4 is 11.1 Å². The molecule has 16 heavy (non-hydrogen) atoms. The Morgan fingerprint density at radius 1 is 1.50 bits per heavy atom. The van der Waals surface area contributed by atoms with E-state index in [0.29, 0.717) is 4.47 Å². The molecular weight excluding hydrogens is 276 g/mol. The summed E-state index contributed by atoms with van der Waals surface area (Å²) in [4.78, 5) is 22.3. The third-order valence-electron chi connectivity index (χ3n) is 1.91. The van der Waals surface area contributed by atoms with Crippen molar-refractivity contribution < 1.29 is 14.7 Å². The summed E-state index contributed by atoms with van der Waals surface area (Å²) in [5.74, 6) is -1.55. The highest BCUT2D eigenvalue weighted by Crippen LogP contribution is 2.26. The van der Waals surface area contributed by atoms with Gasteiger partial charge in [-0.15, -0.1) is 0 Å². The van der Waals surface area contributed by atoms with Crippen LogP contribution in [0.5, 0.6) is 0 Å². The number of aromatic carboxylic acids is 1. The average Bonchev–Trinajstić information content (AvgIpc) is 2.20. The van der Waals surface area contributed by atoms with Crippen LogP contribution in [0, 0.1) is 0 Å². The van der Waals surface area contributed by atoms with Crippen molar-refractivity contribution >= 4 is 33.5 Å². The van der Waals surface area contributed by atoms with Gasteiger partial charge in [0.15, 0.2) is 0 Å². The fourth-order valence-corrected chi connectivity index (χ4v) is 1.53. The Hall–Kier alpha value is -1.40. The number of anilines is 1. The molecule has 0 spiro atoms. The minimum atomic E-state index is -1.11. The number of carboxylic acid groups (broad SMARTS) is 1. The molecule has 0 fully saturated rings. The fourth-order valence-electron chi connectivity index (χ4n) is 1.07. The second-order valence-corrected chi connectivity index (χ2v) is 4.10. The topological polar surface area (TPSA) is 92.4 Å². The van der Waals surface area contributed by atoms with E-state index >= 15 is 0 Å². The van der Waals surface area contributed by atoms with E-state index in [4.69, 9.17) is 10.8 Å². The minimum Gasteiger partial charge on any atom is -0.478 e. The summed E-state index contributed by atoms with van der Waals surface area (Å²) in [5.41, 5.74) is 5.62. The van der Waals surface area contributed by atoms with Crippen LogP contribution in [0.1, 0.15) is 17.3 Å². The molecule has 0 aliphatic rings. The summed E-state index contributed by atoms with van der Waals surface area (Å²) in [6, 6.07) is 3.93. The van der Waals surface area contributed by atoms with E-state index in [0.717, 1.165) is 0 Å². The first-order valence-corrected chi connectivity index (χ1v) is 5.31. The molecule has 0 heterocycles. The molecule has 1 rings (SSSR count). The Morgan fingerprint density at radius 2 is 2.12 bits per heavy atom. The van der Waals surface area contributed by atoms with E-state index in [-0.39, 0.29) is 11.3 Å². The van der Waals surface area contributed by atoms with E-state index in [9.17, 15) is 9.59 Å². The van der Waals surface area contributed by atoms with Gasteiger partial charge in [-0.1, -0.05) is 6.07 Å². The molecule has 86 valence electrons. The zero-order valence-electron chi connectivity index (χ0n) is 8.53. The lowest BCUT2D eigenvalue weighted by molar-refractivity contribution is -0.117. The smallest absolute Gasteiger partial charge is 0.337 e. The molecule has 0 saturated carbocycles. The quantitative estimate of drug-likeness (QED) is 0.784. The van der Waals surface area contributed by atoms with Crippen molar-refractivity contribution in [1.82, 2.24) is 0 Å². The second-order valence-electron chi connectivity index (χ2n) is 3.25. The number of benzene rings is 1. The lowest BCUT2D eigenvalue weighted by Gasteiger charge is -2.11. The van der Waals surface area contributed by atoms with Crippen LogP contribution in [-0.2, 0) is 4.79 Å². The standard InChI is InChI=1S/C10H11BrN2O3/c1-5(12)9(14)13-8-6(10(15)16)3-2-4-7(8)11/h2-5H,12H2,1H3,(H,13,14)(H,15,16)/t5-/m0/s1. The van der Waals surface area contributed by atoms with E-state index < -0.39 is 17.9 Å². The van der Waals surface area contributed by atoms with Gasteiger partial charge in [-0.05, 0) is 35.0 Å². The number of amides is 1. The molecule has 1 amide bonds. The zero-order chi connectivity index (χ0) is 12.3. The summed E-state index contributed by atoms with van der Waals surface area (Å²) in [6.07, 6.45) is 0. The molecule has 0 aliphatic carbocycles. The van der Waals surface area contributed by atoms with Crippen molar-refractivity contribution in [3.05, 3.63) is 28.2 Å². The van der Waals surface area contributed by atoms with Gasteiger partial charge in [-0.3, -0.25) is 4.79 Å². The number of hydrogen-bond acceptors (Lipinski definition) is 3. The van der Waals surface area contributed by atoms with Gasteiger partial charge in [-0.25, -0.2) is 4.79 Å². The molecule has 0 bridgehead atoms. The number of rotatable bonds is 3. The predicted octanol–water partition coefficient (Wildman–Crippen LogP) is 1.43. The summed E-state index contributed by atoms with van der Waals surface area (Å²) in [7, 11) is 0. The number of nitrogens with one attached hydrogen (secondary N) is 1. The van der Waals surface area contributed by atoms with Crippen molar-refractivity contribution in [3.8, 4) is 0 Å². The maximum atomic E-state index is 11.4. The molecule has 1 atom stereocenters. The minimum absolute atomic E-state index is 0.0170. The number of hydrogen-bond donors (Lipinski definition) is 3. The lowest BCUT2D eigenvalue weighted by atomic mass is 10.1. The van der Waals surface area contributed by atoms with Crippen LogP contribution >= 0.6 is 15.9 Å². The van der Waals surface area contributed by atoms with Crippen LogP contribution in [-0.4, -0.2) is 23.0 Å². The van der Waals surface area contributed by atoms with Crippen molar-refractivity contribution in [2.24, 2.45) is 5.73 Å². The Labute approximate surface area is 101 Å². The molecule has 0 unspecified atom stereocenters. The predicted molar refractivity (Wildman–Crippen MR) is 63.4 cm³/mol. The molecule has 1 aromatic carbocycles. The van der Waals surface area contributed by atoms with Crippen molar-refractivity contribution in [1.29, 1.82) is 0 Å². The van der Waals surface area contributed by atoms with Crippen molar-refractivity contribution in [2.45, 2.75) is 13.0 Å². The Kier molecular flexibility index (Phi) is 4.03. The highest BCUT2D eigenvalue weighted by molar-refractivity contribution is 9.10. The van der Waals surface area contributed by atoms with Crippen LogP contribution in [0.2, 0.25) is 0 Å². The summed E-state index contributed by atoms with van der Waals surface area (Å²) in [6.45, 7) is 1.52.